The van der Waals surface area contributed by atoms with Gasteiger partial charge in [0.05, 0.1) is 28.7 Å². The van der Waals surface area contributed by atoms with E-state index in [1.54, 1.807) is 18.2 Å². The van der Waals surface area contributed by atoms with Crippen LogP contribution in [-0.4, -0.2) is 124 Å². The second-order valence-electron chi connectivity index (χ2n) is 16.4. The zero-order valence-electron chi connectivity index (χ0n) is 35.4. The molecule has 1 saturated heterocycles. The minimum absolute atomic E-state index is 0.0202. The molecule has 3 heterocycles. The standard InChI is InChI=1S/C43H49NO18/c1-21-16-17-29-28(15-12-18-44-29)39(52)55-19-40(7)30-31(56-23(3)46)35(58-25(5)48)42(20-54-22(2)45)36(59-26(6)49)32(57-24(4)47)34(61-37(21)50)41(8,53)43(42,62-40)33(30)60-38(51)27-13-10-9-11-14-27/h9-15,18,21,30-36,53H,16-17,19-20H2,1-8H3/t21-,30+,31+,32-,33+,34-,35+,36-,40-,41-,42-,43-/m0/s1. The molecular formula is C43H49NO18. The maximum absolute atomic E-state index is 14.4. The molecule has 1 aromatic heterocycles. The third kappa shape index (κ3) is 7.76. The van der Waals surface area contributed by atoms with Gasteiger partial charge in [-0.05, 0) is 51.0 Å². The second-order valence-corrected chi connectivity index (χ2v) is 16.4. The number of carbonyl (C=O) groups excluding carboxylic acids is 8. The lowest BCUT2D eigenvalue weighted by molar-refractivity contribution is -0.386. The van der Waals surface area contributed by atoms with E-state index in [1.165, 1.54) is 44.3 Å². The lowest BCUT2D eigenvalue weighted by atomic mass is 9.45. The zero-order valence-corrected chi connectivity index (χ0v) is 35.4. The molecule has 334 valence electrons. The maximum atomic E-state index is 14.4. The number of nitrogens with zero attached hydrogens (tertiary/aromatic N) is 1. The summed E-state index contributed by atoms with van der Waals surface area (Å²) in [5.74, 6) is -10.7. The molecule has 4 aliphatic rings. The second kappa shape index (κ2) is 17.1. The topological polar surface area (TPSA) is 253 Å². The number of aromatic nitrogens is 1. The summed E-state index contributed by atoms with van der Waals surface area (Å²) in [6.07, 6.45) is -10.6. The molecule has 1 aromatic carbocycles. The van der Waals surface area contributed by atoms with Gasteiger partial charge in [-0.2, -0.15) is 0 Å². The highest BCUT2D eigenvalue weighted by Gasteiger charge is 2.92. The fraction of sp³-hybridized carbons (Fsp3) is 0.558. The van der Waals surface area contributed by atoms with Crippen molar-refractivity contribution in [2.45, 2.75) is 122 Å². The summed E-state index contributed by atoms with van der Waals surface area (Å²) in [6, 6.07) is 10.5. The van der Waals surface area contributed by atoms with Gasteiger partial charge in [0.2, 0.25) is 0 Å². The quantitative estimate of drug-likeness (QED) is 0.295. The summed E-state index contributed by atoms with van der Waals surface area (Å²) >= 11 is 0. The Kier molecular flexibility index (Phi) is 12.6. The Hall–Kier alpha value is -5.95. The molecule has 0 unspecified atom stereocenters. The van der Waals surface area contributed by atoms with Crippen LogP contribution in [0.5, 0.6) is 0 Å². The van der Waals surface area contributed by atoms with Gasteiger partial charge >= 0.3 is 47.8 Å². The molecular weight excluding hydrogens is 818 g/mol. The van der Waals surface area contributed by atoms with Gasteiger partial charge in [0.15, 0.2) is 30.0 Å². The van der Waals surface area contributed by atoms with E-state index in [1.807, 2.05) is 0 Å². The van der Waals surface area contributed by atoms with Crippen molar-refractivity contribution in [2.75, 3.05) is 13.2 Å². The molecule has 1 N–H and O–H groups in total. The van der Waals surface area contributed by atoms with Crippen LogP contribution in [0.3, 0.4) is 0 Å². The van der Waals surface area contributed by atoms with Crippen molar-refractivity contribution in [3.8, 4) is 0 Å². The van der Waals surface area contributed by atoms with Crippen molar-refractivity contribution >= 4 is 47.8 Å². The van der Waals surface area contributed by atoms with Crippen molar-refractivity contribution in [3.63, 3.8) is 0 Å². The third-order valence-corrected chi connectivity index (χ3v) is 12.1. The Bertz CT molecular complexity index is 2140. The highest BCUT2D eigenvalue weighted by Crippen LogP contribution is 2.70. The van der Waals surface area contributed by atoms with E-state index in [-0.39, 0.29) is 29.7 Å². The Morgan fingerprint density at radius 3 is 1.97 bits per heavy atom. The van der Waals surface area contributed by atoms with Crippen LogP contribution in [-0.2, 0) is 77.8 Å². The zero-order chi connectivity index (χ0) is 45.5. The van der Waals surface area contributed by atoms with Crippen molar-refractivity contribution in [3.05, 3.63) is 65.5 Å². The average Bonchev–Trinajstić information content (AvgIpc) is 3.42. The van der Waals surface area contributed by atoms with E-state index in [0.29, 0.717) is 0 Å². The molecule has 2 aliphatic carbocycles. The lowest BCUT2D eigenvalue weighted by Crippen LogP contribution is -2.89. The van der Waals surface area contributed by atoms with E-state index < -0.39 is 132 Å². The molecule has 4 bridgehead atoms. The number of esters is 8. The number of hydrogen-bond donors (Lipinski definition) is 1. The summed E-state index contributed by atoms with van der Waals surface area (Å²) in [4.78, 5) is 113. The van der Waals surface area contributed by atoms with Gasteiger partial charge in [0.1, 0.15) is 42.0 Å². The van der Waals surface area contributed by atoms with Crippen molar-refractivity contribution < 1.29 is 86.1 Å². The van der Waals surface area contributed by atoms with Crippen LogP contribution < -0.4 is 0 Å². The van der Waals surface area contributed by atoms with Crippen molar-refractivity contribution in [1.82, 2.24) is 4.98 Å². The first-order chi connectivity index (χ1) is 29.1. The van der Waals surface area contributed by atoms with Crippen LogP contribution >= 0.6 is 0 Å². The molecule has 2 aromatic rings. The van der Waals surface area contributed by atoms with Gasteiger partial charge in [0.25, 0.3) is 0 Å². The first kappa shape index (κ1) is 45.6. The normalized spacial score (nSPS) is 35.0. The molecule has 2 aliphatic heterocycles. The van der Waals surface area contributed by atoms with Crippen LogP contribution in [0.2, 0.25) is 0 Å². The predicted octanol–water partition coefficient (Wildman–Crippen LogP) is 2.16. The Balaban J connectivity index is 1.79. The van der Waals surface area contributed by atoms with Gasteiger partial charge in [-0.3, -0.25) is 33.8 Å². The number of fused-ring (bicyclic) bond motifs is 5. The minimum atomic E-state index is -2.86. The summed E-state index contributed by atoms with van der Waals surface area (Å²) in [5.41, 5.74) is -10.1. The van der Waals surface area contributed by atoms with E-state index in [9.17, 15) is 43.5 Å². The SMILES string of the molecule is CC(=O)OC[C@@]12[C@H](OC(C)=O)[C@H](OC(C)=O)[C@@H]3[C@@H](OC(=O)c4ccccc4)[C@@]14O[C@@]3(C)COC(=O)c1cccnc1CC[C@H](C)C(=O)O[C@@H]([C@H](OC(C)=O)[C@@H]2OC(C)=O)[C@]4(C)O. The number of ether oxygens (including phenoxy) is 9. The van der Waals surface area contributed by atoms with Gasteiger partial charge < -0.3 is 47.7 Å². The molecule has 0 amide bonds. The van der Waals surface area contributed by atoms with Gasteiger partial charge in [-0.15, -0.1) is 0 Å². The summed E-state index contributed by atoms with van der Waals surface area (Å²) in [6.45, 7) is 7.12. The Labute approximate surface area is 355 Å². The van der Waals surface area contributed by atoms with Crippen molar-refractivity contribution in [1.29, 1.82) is 0 Å². The number of cyclic esters (lactones) is 1. The largest absolute Gasteiger partial charge is 0.465 e. The number of hydrogen-bond acceptors (Lipinski definition) is 19. The van der Waals surface area contributed by atoms with Gasteiger partial charge in [-0.1, -0.05) is 25.1 Å². The predicted molar refractivity (Wildman–Crippen MR) is 205 cm³/mol. The minimum Gasteiger partial charge on any atom is -0.465 e. The molecule has 19 nitrogen and oxygen atoms in total. The summed E-state index contributed by atoms with van der Waals surface area (Å²) in [5, 5.41) is 13.6. The van der Waals surface area contributed by atoms with Crippen molar-refractivity contribution in [2.24, 2.45) is 17.3 Å². The highest BCUT2D eigenvalue weighted by molar-refractivity contribution is 5.91. The summed E-state index contributed by atoms with van der Waals surface area (Å²) in [7, 11) is 0. The molecule has 1 spiro atoms. The van der Waals surface area contributed by atoms with E-state index in [4.69, 9.17) is 42.6 Å². The van der Waals surface area contributed by atoms with Crippen LogP contribution in [0.1, 0.15) is 88.2 Å². The molecule has 3 fully saturated rings. The maximum Gasteiger partial charge on any atom is 0.340 e. The molecule has 0 radical (unpaired) electrons. The lowest BCUT2D eigenvalue weighted by Gasteiger charge is -2.67. The first-order valence-corrected chi connectivity index (χ1v) is 19.9. The van der Waals surface area contributed by atoms with Crippen LogP contribution in [0.4, 0.5) is 0 Å². The molecule has 19 heteroatoms. The van der Waals surface area contributed by atoms with E-state index >= 15 is 0 Å². The van der Waals surface area contributed by atoms with E-state index in [2.05, 4.69) is 4.98 Å². The molecule has 12 atom stereocenters. The number of pyridine rings is 1. The summed E-state index contributed by atoms with van der Waals surface area (Å²) < 4.78 is 55.3. The van der Waals surface area contributed by atoms with Crippen LogP contribution in [0.25, 0.3) is 0 Å². The average molecular weight is 868 g/mol. The number of aryl methyl sites for hydroxylation is 1. The van der Waals surface area contributed by atoms with Gasteiger partial charge in [-0.25, -0.2) is 9.59 Å². The van der Waals surface area contributed by atoms with Crippen LogP contribution in [0, 0.1) is 17.3 Å². The Morgan fingerprint density at radius 1 is 0.774 bits per heavy atom. The number of carbonyl (C=O) groups is 8. The number of benzene rings is 1. The molecule has 6 rings (SSSR count). The third-order valence-electron chi connectivity index (χ3n) is 12.1. The fourth-order valence-electron chi connectivity index (χ4n) is 9.74. The van der Waals surface area contributed by atoms with Crippen LogP contribution in [0.15, 0.2) is 48.7 Å². The molecule has 2 saturated carbocycles. The van der Waals surface area contributed by atoms with E-state index in [0.717, 1.165) is 41.5 Å². The number of aliphatic hydroxyl groups is 1. The van der Waals surface area contributed by atoms with Gasteiger partial charge in [0, 0.05) is 40.8 Å². The monoisotopic (exact) mass is 867 g/mol. The molecule has 62 heavy (non-hydrogen) atoms. The fourth-order valence-corrected chi connectivity index (χ4v) is 9.74. The Morgan fingerprint density at radius 2 is 1.37 bits per heavy atom. The first-order valence-electron chi connectivity index (χ1n) is 19.9. The highest BCUT2D eigenvalue weighted by atomic mass is 16.7. The smallest absolute Gasteiger partial charge is 0.340 e. The number of rotatable bonds is 8.